The molecule has 0 fully saturated rings. The number of nitrogens with one attached hydrogen (secondary N) is 1. The van der Waals surface area contributed by atoms with E-state index in [1.807, 2.05) is 12.1 Å². The number of phenolic OH excluding ortho intramolecular Hbond substituents is 1. The van der Waals surface area contributed by atoms with E-state index in [0.717, 1.165) is 23.5 Å². The van der Waals surface area contributed by atoms with Crippen molar-refractivity contribution in [3.05, 3.63) is 92.3 Å². The maximum absolute atomic E-state index is 11.3. The molecule has 6 nitrogen and oxygen atoms in total. The number of aromatic hydroxyl groups is 1. The summed E-state index contributed by atoms with van der Waals surface area (Å²) < 4.78 is 2.15. The van der Waals surface area contributed by atoms with E-state index >= 15 is 0 Å². The summed E-state index contributed by atoms with van der Waals surface area (Å²) in [6.07, 6.45) is 5.23. The SMILES string of the molecule is CCc1c(C)[nH]c(/C=C/C2=[N+](Cc3cc([N+](=O)[O-])ccc3O)c3ccccc3C2(C)C)c1C. The highest BCUT2D eigenvalue weighted by Crippen LogP contribution is 2.41. The summed E-state index contributed by atoms with van der Waals surface area (Å²) in [7, 11) is 0. The first kappa shape index (κ1) is 22.5. The number of para-hydroxylation sites is 1. The van der Waals surface area contributed by atoms with Gasteiger partial charge in [0.2, 0.25) is 5.69 Å². The Hall–Kier alpha value is -3.67. The highest BCUT2D eigenvalue weighted by Gasteiger charge is 2.44. The van der Waals surface area contributed by atoms with Gasteiger partial charge < -0.3 is 10.1 Å². The molecule has 1 aliphatic rings. The number of nitro benzene ring substituents is 1. The molecule has 0 bridgehead atoms. The van der Waals surface area contributed by atoms with Crippen LogP contribution in [0, 0.1) is 24.0 Å². The second-order valence-corrected chi connectivity index (χ2v) is 9.14. The van der Waals surface area contributed by atoms with Gasteiger partial charge in [-0.15, -0.1) is 0 Å². The van der Waals surface area contributed by atoms with Crippen LogP contribution in [0.2, 0.25) is 0 Å². The lowest BCUT2D eigenvalue weighted by molar-refractivity contribution is -0.455. The number of allylic oxidation sites excluding steroid dienone is 1. The Labute approximate surface area is 194 Å². The zero-order valence-electron chi connectivity index (χ0n) is 19.8. The van der Waals surface area contributed by atoms with E-state index in [1.54, 1.807) is 0 Å². The average Bonchev–Trinajstić information content (AvgIpc) is 3.17. The van der Waals surface area contributed by atoms with Crippen molar-refractivity contribution in [3.8, 4) is 5.75 Å². The Morgan fingerprint density at radius 2 is 1.88 bits per heavy atom. The molecular formula is C27H30N3O3+. The number of aromatic nitrogens is 1. The Morgan fingerprint density at radius 1 is 1.15 bits per heavy atom. The Balaban J connectivity index is 1.85. The van der Waals surface area contributed by atoms with E-state index in [4.69, 9.17) is 0 Å². The molecular weight excluding hydrogens is 414 g/mol. The number of aryl methyl sites for hydroxylation is 1. The Bertz CT molecular complexity index is 1310. The topological polar surface area (TPSA) is 82.2 Å². The van der Waals surface area contributed by atoms with Crippen LogP contribution in [0.25, 0.3) is 6.08 Å². The minimum atomic E-state index is -0.434. The number of fused-ring (bicyclic) bond motifs is 1. The predicted molar refractivity (Wildman–Crippen MR) is 132 cm³/mol. The largest absolute Gasteiger partial charge is 0.507 e. The van der Waals surface area contributed by atoms with E-state index in [9.17, 15) is 15.2 Å². The maximum atomic E-state index is 11.3. The molecule has 33 heavy (non-hydrogen) atoms. The van der Waals surface area contributed by atoms with E-state index in [-0.39, 0.29) is 16.9 Å². The average molecular weight is 445 g/mol. The lowest BCUT2D eigenvalue weighted by atomic mass is 9.81. The van der Waals surface area contributed by atoms with Crippen molar-refractivity contribution in [2.75, 3.05) is 0 Å². The molecule has 0 saturated heterocycles. The van der Waals surface area contributed by atoms with Gasteiger partial charge in [-0.2, -0.15) is 4.58 Å². The summed E-state index contributed by atoms with van der Waals surface area (Å²) in [6.45, 7) is 11.1. The van der Waals surface area contributed by atoms with Crippen LogP contribution in [0.15, 0.2) is 48.5 Å². The van der Waals surface area contributed by atoms with Gasteiger partial charge in [-0.1, -0.05) is 25.1 Å². The van der Waals surface area contributed by atoms with Gasteiger partial charge in [0, 0.05) is 41.2 Å². The smallest absolute Gasteiger partial charge is 0.270 e. The van der Waals surface area contributed by atoms with Crippen LogP contribution in [-0.4, -0.2) is 25.3 Å². The summed E-state index contributed by atoms with van der Waals surface area (Å²) in [6, 6.07) is 12.4. The molecule has 3 aromatic rings. The fourth-order valence-electron chi connectivity index (χ4n) is 4.97. The minimum Gasteiger partial charge on any atom is -0.507 e. The summed E-state index contributed by atoms with van der Waals surface area (Å²) in [5, 5.41) is 21.8. The minimum absolute atomic E-state index is 0.0313. The molecule has 0 amide bonds. The highest BCUT2D eigenvalue weighted by atomic mass is 16.6. The lowest BCUT2D eigenvalue weighted by Gasteiger charge is -2.15. The molecule has 1 aromatic heterocycles. The van der Waals surface area contributed by atoms with Crippen molar-refractivity contribution < 1.29 is 14.6 Å². The molecule has 6 heteroatoms. The van der Waals surface area contributed by atoms with Crippen LogP contribution in [0.5, 0.6) is 5.75 Å². The molecule has 0 aliphatic carbocycles. The van der Waals surface area contributed by atoms with Crippen molar-refractivity contribution in [2.45, 2.75) is 53.0 Å². The zero-order valence-corrected chi connectivity index (χ0v) is 19.8. The quantitative estimate of drug-likeness (QED) is 0.274. The van der Waals surface area contributed by atoms with Crippen LogP contribution in [0.4, 0.5) is 11.4 Å². The van der Waals surface area contributed by atoms with Crippen LogP contribution < -0.4 is 0 Å². The van der Waals surface area contributed by atoms with E-state index in [2.05, 4.69) is 68.5 Å². The van der Waals surface area contributed by atoms with Crippen LogP contribution >= 0.6 is 0 Å². The normalized spacial score (nSPS) is 14.8. The first-order valence-corrected chi connectivity index (χ1v) is 11.2. The number of nitrogens with zero attached hydrogens (tertiary/aromatic N) is 2. The van der Waals surface area contributed by atoms with E-state index in [0.29, 0.717) is 12.1 Å². The van der Waals surface area contributed by atoms with Crippen molar-refractivity contribution in [3.63, 3.8) is 0 Å². The second-order valence-electron chi connectivity index (χ2n) is 9.14. The van der Waals surface area contributed by atoms with Gasteiger partial charge in [-0.25, -0.2) is 0 Å². The summed E-state index contributed by atoms with van der Waals surface area (Å²) in [5.41, 5.74) is 8.37. The molecule has 2 N–H and O–H groups in total. The molecule has 0 unspecified atom stereocenters. The van der Waals surface area contributed by atoms with Gasteiger partial charge in [-0.3, -0.25) is 10.1 Å². The summed E-state index contributed by atoms with van der Waals surface area (Å²) >= 11 is 0. The van der Waals surface area contributed by atoms with Crippen molar-refractivity contribution >= 4 is 23.2 Å². The van der Waals surface area contributed by atoms with Gasteiger partial charge in [-0.05, 0) is 57.4 Å². The third-order valence-electron chi connectivity index (χ3n) is 6.79. The molecule has 2 aromatic carbocycles. The van der Waals surface area contributed by atoms with Crippen molar-refractivity contribution in [1.82, 2.24) is 4.98 Å². The molecule has 4 rings (SSSR count). The number of hydrogen-bond donors (Lipinski definition) is 2. The summed E-state index contributed by atoms with van der Waals surface area (Å²) in [5.74, 6) is 0.0505. The molecule has 2 heterocycles. The fourth-order valence-corrected chi connectivity index (χ4v) is 4.97. The molecule has 0 saturated carbocycles. The number of phenols is 1. The molecule has 170 valence electrons. The molecule has 0 spiro atoms. The van der Waals surface area contributed by atoms with E-state index in [1.165, 1.54) is 40.6 Å². The Morgan fingerprint density at radius 3 is 2.55 bits per heavy atom. The van der Waals surface area contributed by atoms with Gasteiger partial charge in [0.25, 0.3) is 5.69 Å². The van der Waals surface area contributed by atoms with Crippen LogP contribution in [0.1, 0.15) is 54.4 Å². The Kier molecular flexibility index (Phi) is 5.70. The van der Waals surface area contributed by atoms with Gasteiger partial charge >= 0.3 is 0 Å². The standard InChI is InChI=1S/C27H29N3O3/c1-6-21-17(2)23(28-18(21)3)12-14-26-27(4,5)22-9-7-8-10-24(22)29(26)16-19-15-20(30(32)33)11-13-25(19)31/h7-15,31H,6,16H2,1-5H3/p+1. The zero-order chi connectivity index (χ0) is 23.9. The van der Waals surface area contributed by atoms with Crippen LogP contribution in [0.3, 0.4) is 0 Å². The number of nitro groups is 1. The number of benzene rings is 2. The first-order valence-electron chi connectivity index (χ1n) is 11.2. The number of H-pyrrole nitrogens is 1. The maximum Gasteiger partial charge on any atom is 0.270 e. The monoisotopic (exact) mass is 444 g/mol. The van der Waals surface area contributed by atoms with Gasteiger partial charge in [0.05, 0.1) is 15.9 Å². The van der Waals surface area contributed by atoms with Gasteiger partial charge in [0.1, 0.15) is 5.75 Å². The molecule has 0 radical (unpaired) electrons. The number of rotatable bonds is 6. The van der Waals surface area contributed by atoms with Gasteiger partial charge in [0.15, 0.2) is 12.3 Å². The third-order valence-corrected chi connectivity index (χ3v) is 6.79. The van der Waals surface area contributed by atoms with E-state index < -0.39 is 4.92 Å². The highest BCUT2D eigenvalue weighted by molar-refractivity contribution is 6.05. The molecule has 1 aliphatic heterocycles. The third kappa shape index (κ3) is 3.86. The predicted octanol–water partition coefficient (Wildman–Crippen LogP) is 6.10. The number of non-ortho nitro benzene ring substituents is 1. The van der Waals surface area contributed by atoms with Crippen LogP contribution in [-0.2, 0) is 18.4 Å². The molecule has 0 atom stereocenters. The lowest BCUT2D eigenvalue weighted by Crippen LogP contribution is -2.27. The number of aromatic amines is 1. The first-order chi connectivity index (χ1) is 15.6. The summed E-state index contributed by atoms with van der Waals surface area (Å²) in [4.78, 5) is 14.4. The van der Waals surface area contributed by atoms with Crippen molar-refractivity contribution in [1.29, 1.82) is 0 Å². The number of hydrogen-bond acceptors (Lipinski definition) is 3. The second kappa shape index (κ2) is 8.35. The van der Waals surface area contributed by atoms with Crippen molar-refractivity contribution in [2.24, 2.45) is 0 Å². The fraction of sp³-hybridized carbons (Fsp3) is 0.296.